The molecule has 0 fully saturated rings. The van der Waals surface area contributed by atoms with Crippen LogP contribution in [0.2, 0.25) is 0 Å². The number of halogens is 1. The van der Waals surface area contributed by atoms with E-state index in [0.29, 0.717) is 19.4 Å². The largest absolute Gasteiger partial charge is 0.489 e. The molecule has 2 aromatic rings. The summed E-state index contributed by atoms with van der Waals surface area (Å²) < 4.78 is 18.5. The Morgan fingerprint density at radius 3 is 2.52 bits per heavy atom. The minimum atomic E-state index is -0.686. The van der Waals surface area contributed by atoms with Gasteiger partial charge < -0.3 is 14.9 Å². The summed E-state index contributed by atoms with van der Waals surface area (Å²) in [6, 6.07) is 13.8. The smallest absolute Gasteiger partial charge is 0.123 e. The van der Waals surface area contributed by atoms with Gasteiger partial charge in [0.2, 0.25) is 0 Å². The zero-order valence-corrected chi connectivity index (χ0v) is 11.7. The predicted molar refractivity (Wildman–Crippen MR) is 78.6 cm³/mol. The molecule has 1 unspecified atom stereocenters. The van der Waals surface area contributed by atoms with Crippen molar-refractivity contribution in [3.8, 4) is 5.75 Å². The molecule has 4 heteroatoms. The third kappa shape index (κ3) is 5.17. The van der Waals surface area contributed by atoms with Crippen LogP contribution in [0.4, 0.5) is 4.39 Å². The molecule has 21 heavy (non-hydrogen) atoms. The van der Waals surface area contributed by atoms with E-state index in [1.54, 1.807) is 12.1 Å². The number of aryl methyl sites for hydroxylation is 1. The van der Waals surface area contributed by atoms with Gasteiger partial charge in [0.25, 0.3) is 0 Å². The first kappa shape index (κ1) is 15.5. The molecule has 2 N–H and O–H groups in total. The summed E-state index contributed by atoms with van der Waals surface area (Å²) >= 11 is 0. The van der Waals surface area contributed by atoms with E-state index in [1.165, 1.54) is 12.1 Å². The van der Waals surface area contributed by atoms with E-state index >= 15 is 0 Å². The molecule has 0 spiro atoms. The van der Waals surface area contributed by atoms with Crippen LogP contribution < -0.4 is 4.74 Å². The molecule has 0 saturated carbocycles. The van der Waals surface area contributed by atoms with Crippen LogP contribution in [0.3, 0.4) is 0 Å². The van der Waals surface area contributed by atoms with E-state index < -0.39 is 6.10 Å². The zero-order valence-electron chi connectivity index (χ0n) is 11.7. The van der Waals surface area contributed by atoms with Gasteiger partial charge in [-0.25, -0.2) is 4.39 Å². The van der Waals surface area contributed by atoms with E-state index in [1.807, 2.05) is 24.3 Å². The van der Waals surface area contributed by atoms with Gasteiger partial charge in [0.1, 0.15) is 18.2 Å². The molecule has 3 nitrogen and oxygen atoms in total. The van der Waals surface area contributed by atoms with Gasteiger partial charge in [-0.05, 0) is 48.2 Å². The van der Waals surface area contributed by atoms with Gasteiger partial charge in [0, 0.05) is 0 Å². The average Bonchev–Trinajstić information content (AvgIpc) is 2.52. The Morgan fingerprint density at radius 1 is 1.05 bits per heavy atom. The van der Waals surface area contributed by atoms with Gasteiger partial charge in [0.05, 0.1) is 12.7 Å². The number of ether oxygens (including phenoxy) is 1. The highest BCUT2D eigenvalue weighted by atomic mass is 19.1. The van der Waals surface area contributed by atoms with Crippen LogP contribution in [0.15, 0.2) is 48.5 Å². The molecule has 2 rings (SSSR count). The third-order valence-corrected chi connectivity index (χ3v) is 3.19. The SMILES string of the molecule is OCC(O)CCc1cccc(OCc2ccc(F)cc2)c1. The summed E-state index contributed by atoms with van der Waals surface area (Å²) in [5.41, 5.74) is 1.94. The van der Waals surface area contributed by atoms with Gasteiger partial charge in [-0.1, -0.05) is 24.3 Å². The van der Waals surface area contributed by atoms with Gasteiger partial charge in [-0.3, -0.25) is 0 Å². The van der Waals surface area contributed by atoms with E-state index in [9.17, 15) is 9.50 Å². The van der Waals surface area contributed by atoms with Gasteiger partial charge in [-0.15, -0.1) is 0 Å². The van der Waals surface area contributed by atoms with E-state index in [2.05, 4.69) is 0 Å². The molecule has 0 bridgehead atoms. The van der Waals surface area contributed by atoms with Crippen molar-refractivity contribution in [3.63, 3.8) is 0 Å². The summed E-state index contributed by atoms with van der Waals surface area (Å²) in [4.78, 5) is 0. The second-order valence-corrected chi connectivity index (χ2v) is 4.94. The van der Waals surface area contributed by atoms with Crippen LogP contribution in [0.5, 0.6) is 5.75 Å². The van der Waals surface area contributed by atoms with Crippen LogP contribution in [0, 0.1) is 5.82 Å². The Kier molecular flexibility index (Phi) is 5.72. The van der Waals surface area contributed by atoms with Crippen LogP contribution in [-0.2, 0) is 13.0 Å². The van der Waals surface area contributed by atoms with Crippen molar-refractivity contribution in [2.75, 3.05) is 6.61 Å². The van der Waals surface area contributed by atoms with E-state index in [-0.39, 0.29) is 12.4 Å². The molecule has 0 radical (unpaired) electrons. The lowest BCUT2D eigenvalue weighted by molar-refractivity contribution is 0.0885. The third-order valence-electron chi connectivity index (χ3n) is 3.19. The molecule has 0 heterocycles. The number of aliphatic hydroxyl groups is 2. The predicted octanol–water partition coefficient (Wildman–Crippen LogP) is 2.69. The molecule has 0 aromatic heterocycles. The summed E-state index contributed by atoms with van der Waals surface area (Å²) in [5, 5.41) is 18.1. The highest BCUT2D eigenvalue weighted by molar-refractivity contribution is 5.29. The highest BCUT2D eigenvalue weighted by Gasteiger charge is 2.04. The van der Waals surface area contributed by atoms with E-state index in [4.69, 9.17) is 9.84 Å². The normalized spacial score (nSPS) is 12.1. The van der Waals surface area contributed by atoms with Crippen molar-refractivity contribution >= 4 is 0 Å². The molecule has 1 atom stereocenters. The van der Waals surface area contributed by atoms with Crippen molar-refractivity contribution in [1.82, 2.24) is 0 Å². The fourth-order valence-corrected chi connectivity index (χ4v) is 1.96. The molecule has 0 saturated heterocycles. The molecule has 0 aliphatic carbocycles. The number of hydrogen-bond donors (Lipinski definition) is 2. The molecule has 0 aliphatic heterocycles. The van der Waals surface area contributed by atoms with Gasteiger partial charge in [-0.2, -0.15) is 0 Å². The lowest BCUT2D eigenvalue weighted by atomic mass is 10.1. The first-order valence-corrected chi connectivity index (χ1v) is 6.92. The number of benzene rings is 2. The number of hydrogen-bond acceptors (Lipinski definition) is 3. The summed E-state index contributed by atoms with van der Waals surface area (Å²) in [7, 11) is 0. The lowest BCUT2D eigenvalue weighted by Crippen LogP contribution is -2.12. The lowest BCUT2D eigenvalue weighted by Gasteiger charge is -2.10. The number of rotatable bonds is 7. The summed E-state index contributed by atoms with van der Waals surface area (Å²) in [6.07, 6.45) is 0.502. The Morgan fingerprint density at radius 2 is 1.81 bits per heavy atom. The Bertz CT molecular complexity index is 554. The summed E-state index contributed by atoms with van der Waals surface area (Å²) in [5.74, 6) is 0.471. The fourth-order valence-electron chi connectivity index (χ4n) is 1.96. The molecule has 0 aliphatic rings. The minimum absolute atomic E-state index is 0.221. The molecule has 2 aromatic carbocycles. The minimum Gasteiger partial charge on any atom is -0.489 e. The van der Waals surface area contributed by atoms with Crippen molar-refractivity contribution in [2.45, 2.75) is 25.6 Å². The van der Waals surface area contributed by atoms with Crippen molar-refractivity contribution < 1.29 is 19.3 Å². The first-order chi connectivity index (χ1) is 10.2. The van der Waals surface area contributed by atoms with Gasteiger partial charge in [0.15, 0.2) is 0 Å². The van der Waals surface area contributed by atoms with Crippen LogP contribution in [-0.4, -0.2) is 22.9 Å². The Labute approximate surface area is 123 Å². The van der Waals surface area contributed by atoms with Crippen LogP contribution in [0.1, 0.15) is 17.5 Å². The molecule has 112 valence electrons. The van der Waals surface area contributed by atoms with Gasteiger partial charge >= 0.3 is 0 Å². The van der Waals surface area contributed by atoms with Crippen molar-refractivity contribution in [3.05, 3.63) is 65.5 Å². The second-order valence-electron chi connectivity index (χ2n) is 4.94. The van der Waals surface area contributed by atoms with Crippen LogP contribution in [0.25, 0.3) is 0 Å². The van der Waals surface area contributed by atoms with E-state index in [0.717, 1.165) is 16.9 Å². The van der Waals surface area contributed by atoms with Crippen molar-refractivity contribution in [2.24, 2.45) is 0 Å². The second kappa shape index (κ2) is 7.76. The highest BCUT2D eigenvalue weighted by Crippen LogP contribution is 2.17. The maximum atomic E-state index is 12.8. The molecular formula is C17H19FO3. The summed E-state index contributed by atoms with van der Waals surface area (Å²) in [6.45, 7) is 0.157. The standard InChI is InChI=1S/C17H19FO3/c18-15-7-4-14(5-8-15)12-21-17-3-1-2-13(10-17)6-9-16(20)11-19/h1-5,7-8,10,16,19-20H,6,9,11-12H2. The van der Waals surface area contributed by atoms with Crippen LogP contribution >= 0.6 is 0 Å². The first-order valence-electron chi connectivity index (χ1n) is 6.92. The molecule has 0 amide bonds. The maximum Gasteiger partial charge on any atom is 0.123 e. The fraction of sp³-hybridized carbons (Fsp3) is 0.294. The Balaban J connectivity index is 1.90. The quantitative estimate of drug-likeness (QED) is 0.824. The van der Waals surface area contributed by atoms with Crippen molar-refractivity contribution in [1.29, 1.82) is 0 Å². The average molecular weight is 290 g/mol. The monoisotopic (exact) mass is 290 g/mol. The molecular weight excluding hydrogens is 271 g/mol. The topological polar surface area (TPSA) is 49.7 Å². The zero-order chi connectivity index (χ0) is 15.1. The number of aliphatic hydroxyl groups excluding tert-OH is 2. The maximum absolute atomic E-state index is 12.8. The Hall–Kier alpha value is -1.91.